The van der Waals surface area contributed by atoms with Crippen molar-refractivity contribution in [2.45, 2.75) is 33.1 Å². The van der Waals surface area contributed by atoms with E-state index in [1.165, 1.54) is 18.7 Å². The second-order valence-electron chi connectivity index (χ2n) is 5.18. The Labute approximate surface area is 103 Å². The summed E-state index contributed by atoms with van der Waals surface area (Å²) in [5.41, 5.74) is 3.65. The maximum absolute atomic E-state index is 11.0. The Morgan fingerprint density at radius 3 is 2.41 bits per heavy atom. The van der Waals surface area contributed by atoms with Crippen molar-refractivity contribution in [1.82, 2.24) is 0 Å². The molecule has 0 unspecified atom stereocenters. The van der Waals surface area contributed by atoms with Crippen molar-refractivity contribution in [3.63, 3.8) is 0 Å². The lowest BCUT2D eigenvalue weighted by atomic mass is 9.85. The van der Waals surface area contributed by atoms with Gasteiger partial charge in [-0.1, -0.05) is 39.0 Å². The van der Waals surface area contributed by atoms with Crippen LogP contribution in [0, 0.1) is 6.92 Å². The SMILES string of the molecule is COC(=O)/C=C/c1ccc(C(C)(C)C)cc1C. The summed E-state index contributed by atoms with van der Waals surface area (Å²) in [6.45, 7) is 8.61. The van der Waals surface area contributed by atoms with Gasteiger partial charge in [0.05, 0.1) is 7.11 Å². The van der Waals surface area contributed by atoms with Gasteiger partial charge in [-0.05, 0) is 35.1 Å². The van der Waals surface area contributed by atoms with Crippen LogP contribution in [0.5, 0.6) is 0 Å². The minimum absolute atomic E-state index is 0.148. The fourth-order valence-electron chi connectivity index (χ4n) is 1.56. The zero-order valence-electron chi connectivity index (χ0n) is 11.2. The molecular weight excluding hydrogens is 212 g/mol. The van der Waals surface area contributed by atoms with E-state index in [1.54, 1.807) is 6.08 Å². The molecule has 2 heteroatoms. The Balaban J connectivity index is 2.99. The highest BCUT2D eigenvalue weighted by atomic mass is 16.5. The number of carbonyl (C=O) groups excluding carboxylic acids is 1. The summed E-state index contributed by atoms with van der Waals surface area (Å²) in [6.07, 6.45) is 3.23. The van der Waals surface area contributed by atoms with Gasteiger partial charge in [0.1, 0.15) is 0 Å². The third-order valence-corrected chi connectivity index (χ3v) is 2.74. The third-order valence-electron chi connectivity index (χ3n) is 2.74. The number of rotatable bonds is 2. The molecule has 0 heterocycles. The van der Waals surface area contributed by atoms with Crippen molar-refractivity contribution in [3.8, 4) is 0 Å². The van der Waals surface area contributed by atoms with E-state index in [0.717, 1.165) is 11.1 Å². The van der Waals surface area contributed by atoms with Crippen molar-refractivity contribution >= 4 is 12.0 Å². The molecule has 92 valence electrons. The quantitative estimate of drug-likeness (QED) is 0.576. The number of hydrogen-bond donors (Lipinski definition) is 0. The Bertz CT molecular complexity index is 437. The van der Waals surface area contributed by atoms with Crippen LogP contribution in [0.25, 0.3) is 6.08 Å². The normalized spacial score (nSPS) is 11.8. The van der Waals surface area contributed by atoms with Crippen LogP contribution < -0.4 is 0 Å². The highest BCUT2D eigenvalue weighted by molar-refractivity contribution is 5.87. The fraction of sp³-hybridized carbons (Fsp3) is 0.400. The number of carbonyl (C=O) groups is 1. The molecule has 0 fully saturated rings. The summed E-state index contributed by atoms with van der Waals surface area (Å²) in [5.74, 6) is -0.329. The average molecular weight is 232 g/mol. The first-order valence-corrected chi connectivity index (χ1v) is 5.72. The summed E-state index contributed by atoms with van der Waals surface area (Å²) < 4.78 is 4.56. The average Bonchev–Trinajstić information content (AvgIpc) is 2.25. The molecule has 0 aliphatic rings. The minimum Gasteiger partial charge on any atom is -0.466 e. The lowest BCUT2D eigenvalue weighted by molar-refractivity contribution is -0.134. The fourth-order valence-corrected chi connectivity index (χ4v) is 1.56. The maximum atomic E-state index is 11.0. The molecule has 1 aromatic carbocycles. The van der Waals surface area contributed by atoms with E-state index in [-0.39, 0.29) is 11.4 Å². The van der Waals surface area contributed by atoms with Gasteiger partial charge in [0.25, 0.3) is 0 Å². The van der Waals surface area contributed by atoms with E-state index in [1.807, 2.05) is 13.0 Å². The molecule has 0 bridgehead atoms. The van der Waals surface area contributed by atoms with Crippen LogP contribution in [0.1, 0.15) is 37.5 Å². The monoisotopic (exact) mass is 232 g/mol. The molecule has 1 aromatic rings. The first-order valence-electron chi connectivity index (χ1n) is 5.72. The van der Waals surface area contributed by atoms with Crippen LogP contribution >= 0.6 is 0 Å². The molecule has 0 radical (unpaired) electrons. The third kappa shape index (κ3) is 3.74. The zero-order chi connectivity index (χ0) is 13.1. The van der Waals surface area contributed by atoms with Crippen molar-refractivity contribution in [3.05, 3.63) is 41.0 Å². The van der Waals surface area contributed by atoms with E-state index in [0.29, 0.717) is 0 Å². The number of aryl methyl sites for hydroxylation is 1. The molecule has 2 nitrogen and oxygen atoms in total. The molecule has 0 N–H and O–H groups in total. The number of methoxy groups -OCH3 is 1. The predicted octanol–water partition coefficient (Wildman–Crippen LogP) is 3.48. The first-order chi connectivity index (χ1) is 7.84. The van der Waals surface area contributed by atoms with Gasteiger partial charge < -0.3 is 4.74 Å². The van der Waals surface area contributed by atoms with Gasteiger partial charge in [0, 0.05) is 6.08 Å². The summed E-state index contributed by atoms with van der Waals surface area (Å²) >= 11 is 0. The van der Waals surface area contributed by atoms with Gasteiger partial charge >= 0.3 is 5.97 Å². The van der Waals surface area contributed by atoms with Gasteiger partial charge in [0.15, 0.2) is 0 Å². The van der Waals surface area contributed by atoms with Gasteiger partial charge in [-0.2, -0.15) is 0 Å². The largest absolute Gasteiger partial charge is 0.466 e. The molecular formula is C15H20O2. The van der Waals surface area contributed by atoms with E-state index in [4.69, 9.17) is 0 Å². The van der Waals surface area contributed by atoms with Gasteiger partial charge in [-0.15, -0.1) is 0 Å². The molecule has 0 saturated carbocycles. The standard InChI is InChI=1S/C15H20O2/c1-11-10-13(15(2,3)4)8-6-12(11)7-9-14(16)17-5/h6-10H,1-5H3/b9-7+. The van der Waals surface area contributed by atoms with E-state index < -0.39 is 0 Å². The van der Waals surface area contributed by atoms with Crippen molar-refractivity contribution in [2.24, 2.45) is 0 Å². The van der Waals surface area contributed by atoms with E-state index in [2.05, 4.69) is 37.6 Å². The molecule has 0 aliphatic heterocycles. The van der Waals surface area contributed by atoms with E-state index in [9.17, 15) is 4.79 Å². The summed E-state index contributed by atoms with van der Waals surface area (Å²) in [4.78, 5) is 11.0. The summed E-state index contributed by atoms with van der Waals surface area (Å²) in [7, 11) is 1.38. The number of ether oxygens (including phenoxy) is 1. The van der Waals surface area contributed by atoms with Crippen LogP contribution in [0.15, 0.2) is 24.3 Å². The molecule has 0 aromatic heterocycles. The Kier molecular flexibility index (Phi) is 4.11. The van der Waals surface area contributed by atoms with Gasteiger partial charge in [-0.3, -0.25) is 0 Å². The lowest BCUT2D eigenvalue weighted by Gasteiger charge is -2.20. The molecule has 0 aliphatic carbocycles. The van der Waals surface area contributed by atoms with Crippen molar-refractivity contribution in [2.75, 3.05) is 7.11 Å². The minimum atomic E-state index is -0.329. The number of hydrogen-bond acceptors (Lipinski definition) is 2. The smallest absolute Gasteiger partial charge is 0.330 e. The van der Waals surface area contributed by atoms with Crippen LogP contribution in [0.3, 0.4) is 0 Å². The molecule has 0 spiro atoms. The van der Waals surface area contributed by atoms with Crippen LogP contribution in [0.4, 0.5) is 0 Å². The van der Waals surface area contributed by atoms with Crippen LogP contribution in [-0.2, 0) is 14.9 Å². The maximum Gasteiger partial charge on any atom is 0.330 e. The second kappa shape index (κ2) is 5.17. The molecule has 0 saturated heterocycles. The first kappa shape index (κ1) is 13.5. The van der Waals surface area contributed by atoms with Crippen LogP contribution in [-0.4, -0.2) is 13.1 Å². The molecule has 0 atom stereocenters. The Morgan fingerprint density at radius 2 is 1.94 bits per heavy atom. The molecule has 17 heavy (non-hydrogen) atoms. The van der Waals surface area contributed by atoms with Gasteiger partial charge in [-0.25, -0.2) is 4.79 Å². The molecule has 0 amide bonds. The van der Waals surface area contributed by atoms with E-state index >= 15 is 0 Å². The summed E-state index contributed by atoms with van der Waals surface area (Å²) in [5, 5.41) is 0. The Hall–Kier alpha value is -1.57. The van der Waals surface area contributed by atoms with Gasteiger partial charge in [0.2, 0.25) is 0 Å². The molecule has 1 rings (SSSR count). The second-order valence-corrected chi connectivity index (χ2v) is 5.18. The lowest BCUT2D eigenvalue weighted by Crippen LogP contribution is -2.11. The zero-order valence-corrected chi connectivity index (χ0v) is 11.2. The topological polar surface area (TPSA) is 26.3 Å². The predicted molar refractivity (Wildman–Crippen MR) is 70.9 cm³/mol. The van der Waals surface area contributed by atoms with Crippen LogP contribution in [0.2, 0.25) is 0 Å². The van der Waals surface area contributed by atoms with Crippen molar-refractivity contribution < 1.29 is 9.53 Å². The number of benzene rings is 1. The number of esters is 1. The highest BCUT2D eigenvalue weighted by Crippen LogP contribution is 2.24. The Morgan fingerprint density at radius 1 is 1.29 bits per heavy atom. The highest BCUT2D eigenvalue weighted by Gasteiger charge is 2.13. The van der Waals surface area contributed by atoms with Crippen molar-refractivity contribution in [1.29, 1.82) is 0 Å². The summed E-state index contributed by atoms with van der Waals surface area (Å²) in [6, 6.07) is 6.30.